The van der Waals surface area contributed by atoms with Crippen molar-refractivity contribution in [3.05, 3.63) is 23.9 Å². The number of hydrogen-bond acceptors (Lipinski definition) is 4. The minimum absolute atomic E-state index is 0.00514. The zero-order chi connectivity index (χ0) is 13.8. The molecule has 104 valence electrons. The van der Waals surface area contributed by atoms with Crippen molar-refractivity contribution in [1.29, 1.82) is 0 Å². The van der Waals surface area contributed by atoms with Gasteiger partial charge in [-0.1, -0.05) is 0 Å². The molecule has 2 rings (SSSR count). The van der Waals surface area contributed by atoms with E-state index < -0.39 is 0 Å². The predicted molar refractivity (Wildman–Crippen MR) is 73.7 cm³/mol. The first-order chi connectivity index (χ1) is 9.13. The first kappa shape index (κ1) is 13.8. The number of ether oxygens (including phenoxy) is 1. The van der Waals surface area contributed by atoms with E-state index in [-0.39, 0.29) is 11.9 Å². The lowest BCUT2D eigenvalue weighted by Crippen LogP contribution is -2.42. The molecule has 0 spiro atoms. The lowest BCUT2D eigenvalue weighted by molar-refractivity contribution is 0.0594. The van der Waals surface area contributed by atoms with Crippen molar-refractivity contribution in [3.63, 3.8) is 0 Å². The van der Waals surface area contributed by atoms with Crippen LogP contribution >= 0.6 is 0 Å². The summed E-state index contributed by atoms with van der Waals surface area (Å²) in [5.74, 6) is 1.00. The second-order valence-corrected chi connectivity index (χ2v) is 5.04. The molecule has 0 radical (unpaired) electrons. The minimum atomic E-state index is 0.00514. The molecule has 0 aliphatic heterocycles. The number of amides is 1. The molecule has 19 heavy (non-hydrogen) atoms. The number of nitrogens with two attached hydrogens (primary N) is 1. The number of aromatic nitrogens is 1. The highest BCUT2D eigenvalue weighted by molar-refractivity contribution is 5.95. The Morgan fingerprint density at radius 3 is 2.95 bits per heavy atom. The monoisotopic (exact) mass is 263 g/mol. The average molecular weight is 263 g/mol. The second-order valence-electron chi connectivity index (χ2n) is 5.04. The molecular weight excluding hydrogens is 242 g/mol. The Morgan fingerprint density at radius 2 is 2.37 bits per heavy atom. The summed E-state index contributed by atoms with van der Waals surface area (Å²) in [6.45, 7) is 3.26. The fourth-order valence-electron chi connectivity index (χ4n) is 2.26. The van der Waals surface area contributed by atoms with E-state index in [9.17, 15) is 4.79 Å². The molecule has 1 aliphatic rings. The average Bonchev–Trinajstić information content (AvgIpc) is 3.23. The van der Waals surface area contributed by atoms with E-state index >= 15 is 0 Å². The smallest absolute Gasteiger partial charge is 0.254 e. The fourth-order valence-corrected chi connectivity index (χ4v) is 2.26. The van der Waals surface area contributed by atoms with Crippen LogP contribution in [0.1, 0.15) is 30.1 Å². The summed E-state index contributed by atoms with van der Waals surface area (Å²) in [6.07, 6.45) is 3.98. The van der Waals surface area contributed by atoms with Crippen LogP contribution in [0, 0.1) is 5.92 Å². The molecule has 1 aromatic rings. The van der Waals surface area contributed by atoms with Gasteiger partial charge in [0.05, 0.1) is 6.61 Å². The molecule has 5 heteroatoms. The summed E-state index contributed by atoms with van der Waals surface area (Å²) >= 11 is 0. The number of nitrogen functional groups attached to an aromatic ring is 1. The number of carbonyl (C=O) groups is 1. The van der Waals surface area contributed by atoms with Gasteiger partial charge in [-0.25, -0.2) is 4.98 Å². The van der Waals surface area contributed by atoms with Crippen LogP contribution in [0.2, 0.25) is 0 Å². The number of carbonyl (C=O) groups excluding carboxylic acids is 1. The van der Waals surface area contributed by atoms with E-state index in [4.69, 9.17) is 10.5 Å². The van der Waals surface area contributed by atoms with Gasteiger partial charge >= 0.3 is 0 Å². The van der Waals surface area contributed by atoms with Crippen LogP contribution in [0.3, 0.4) is 0 Å². The normalized spacial score (nSPS) is 16.1. The Morgan fingerprint density at radius 1 is 1.63 bits per heavy atom. The van der Waals surface area contributed by atoms with Crippen LogP contribution in [0.25, 0.3) is 0 Å². The highest BCUT2D eigenvalue weighted by atomic mass is 16.5. The molecule has 1 heterocycles. The SMILES string of the molecule is COCCN(C(=O)c1ccnc(N)c1)C(C)C1CC1. The summed E-state index contributed by atoms with van der Waals surface area (Å²) in [5.41, 5.74) is 6.23. The standard InChI is InChI=1S/C14H21N3O2/c1-10(11-3-4-11)17(7-8-19-2)14(18)12-5-6-16-13(15)9-12/h5-6,9-11H,3-4,7-8H2,1-2H3,(H2,15,16). The molecule has 5 nitrogen and oxygen atoms in total. The third-order valence-electron chi connectivity index (χ3n) is 3.62. The van der Waals surface area contributed by atoms with Gasteiger partial charge < -0.3 is 15.4 Å². The number of nitrogens with zero attached hydrogens (tertiary/aromatic N) is 2. The van der Waals surface area contributed by atoms with E-state index in [2.05, 4.69) is 11.9 Å². The third-order valence-corrected chi connectivity index (χ3v) is 3.62. The quantitative estimate of drug-likeness (QED) is 0.845. The largest absolute Gasteiger partial charge is 0.384 e. The minimum Gasteiger partial charge on any atom is -0.384 e. The van der Waals surface area contributed by atoms with Crippen molar-refractivity contribution in [2.24, 2.45) is 5.92 Å². The molecule has 1 aromatic heterocycles. The first-order valence-corrected chi connectivity index (χ1v) is 6.65. The van der Waals surface area contributed by atoms with Gasteiger partial charge in [-0.15, -0.1) is 0 Å². The summed E-state index contributed by atoms with van der Waals surface area (Å²) in [7, 11) is 1.65. The van der Waals surface area contributed by atoms with Crippen molar-refractivity contribution in [2.45, 2.75) is 25.8 Å². The van der Waals surface area contributed by atoms with Crippen LogP contribution < -0.4 is 5.73 Å². The van der Waals surface area contributed by atoms with E-state index in [0.717, 1.165) is 0 Å². The Hall–Kier alpha value is -1.62. The van der Waals surface area contributed by atoms with Gasteiger partial charge in [-0.2, -0.15) is 0 Å². The number of methoxy groups -OCH3 is 1. The third kappa shape index (κ3) is 3.44. The van der Waals surface area contributed by atoms with Crippen molar-refractivity contribution in [3.8, 4) is 0 Å². The number of pyridine rings is 1. The predicted octanol–water partition coefficient (Wildman–Crippen LogP) is 1.55. The Labute approximate surface area is 113 Å². The lowest BCUT2D eigenvalue weighted by Gasteiger charge is -2.29. The summed E-state index contributed by atoms with van der Waals surface area (Å²) in [4.78, 5) is 18.4. The van der Waals surface area contributed by atoms with Gasteiger partial charge in [0.1, 0.15) is 5.82 Å². The van der Waals surface area contributed by atoms with Crippen molar-refractivity contribution >= 4 is 11.7 Å². The van der Waals surface area contributed by atoms with E-state index in [1.165, 1.54) is 12.8 Å². The van der Waals surface area contributed by atoms with Gasteiger partial charge in [-0.3, -0.25) is 4.79 Å². The van der Waals surface area contributed by atoms with Gasteiger partial charge in [0.2, 0.25) is 0 Å². The second kappa shape index (κ2) is 6.02. The first-order valence-electron chi connectivity index (χ1n) is 6.65. The summed E-state index contributed by atoms with van der Waals surface area (Å²) in [6, 6.07) is 3.58. The summed E-state index contributed by atoms with van der Waals surface area (Å²) in [5, 5.41) is 0. The molecule has 0 aromatic carbocycles. The maximum Gasteiger partial charge on any atom is 0.254 e. The van der Waals surface area contributed by atoms with Crippen molar-refractivity contribution in [2.75, 3.05) is 26.0 Å². The fraction of sp³-hybridized carbons (Fsp3) is 0.571. The lowest BCUT2D eigenvalue weighted by atomic mass is 10.1. The molecule has 0 saturated heterocycles. The molecule has 1 saturated carbocycles. The highest BCUT2D eigenvalue weighted by Gasteiger charge is 2.34. The highest BCUT2D eigenvalue weighted by Crippen LogP contribution is 2.35. The molecule has 1 aliphatic carbocycles. The summed E-state index contributed by atoms with van der Waals surface area (Å²) < 4.78 is 5.10. The van der Waals surface area contributed by atoms with E-state index in [1.807, 2.05) is 4.90 Å². The molecule has 0 bridgehead atoms. The van der Waals surface area contributed by atoms with Gasteiger partial charge in [0.15, 0.2) is 0 Å². The van der Waals surface area contributed by atoms with Crippen LogP contribution in [-0.2, 0) is 4.74 Å². The molecule has 1 fully saturated rings. The van der Waals surface area contributed by atoms with Crippen molar-refractivity contribution < 1.29 is 9.53 Å². The Bertz CT molecular complexity index is 446. The van der Waals surface area contributed by atoms with Gasteiger partial charge in [-0.05, 0) is 37.8 Å². The van der Waals surface area contributed by atoms with Gasteiger partial charge in [0.25, 0.3) is 5.91 Å². The van der Waals surface area contributed by atoms with Crippen LogP contribution in [0.4, 0.5) is 5.82 Å². The number of anilines is 1. The molecule has 1 unspecified atom stereocenters. The maximum absolute atomic E-state index is 12.6. The molecular formula is C14H21N3O2. The Kier molecular flexibility index (Phi) is 4.37. The zero-order valence-electron chi connectivity index (χ0n) is 11.5. The van der Waals surface area contributed by atoms with Crippen LogP contribution in [0.5, 0.6) is 0 Å². The number of hydrogen-bond donors (Lipinski definition) is 1. The molecule has 1 atom stereocenters. The van der Waals surface area contributed by atoms with Crippen molar-refractivity contribution in [1.82, 2.24) is 9.88 Å². The molecule has 2 N–H and O–H groups in total. The molecule has 1 amide bonds. The van der Waals surface area contributed by atoms with E-state index in [0.29, 0.717) is 30.5 Å². The topological polar surface area (TPSA) is 68.5 Å². The Balaban J connectivity index is 2.14. The maximum atomic E-state index is 12.6. The van der Waals surface area contributed by atoms with Gasteiger partial charge in [0, 0.05) is 31.5 Å². The van der Waals surface area contributed by atoms with Crippen LogP contribution in [0.15, 0.2) is 18.3 Å². The van der Waals surface area contributed by atoms with Crippen LogP contribution in [-0.4, -0.2) is 42.1 Å². The van der Waals surface area contributed by atoms with E-state index in [1.54, 1.807) is 25.4 Å². The number of rotatable bonds is 6. The zero-order valence-corrected chi connectivity index (χ0v) is 11.5.